The third-order valence-corrected chi connectivity index (χ3v) is 3.36. The molecular formula is C17H16N2O2. The number of aromatic nitrogens is 2. The first-order valence-corrected chi connectivity index (χ1v) is 6.65. The monoisotopic (exact) mass is 280 g/mol. The molecule has 0 spiro atoms. The Morgan fingerprint density at radius 2 is 1.71 bits per heavy atom. The number of rotatable bonds is 4. The molecule has 0 aliphatic rings. The maximum absolute atomic E-state index is 5.51. The molecule has 0 saturated carbocycles. The zero-order chi connectivity index (χ0) is 14.7. The molecule has 3 rings (SSSR count). The Balaban J connectivity index is 2.17. The summed E-state index contributed by atoms with van der Waals surface area (Å²) in [5, 5.41) is 0. The van der Waals surface area contributed by atoms with Crippen LogP contribution in [0.1, 0.15) is 0 Å². The molecule has 4 heteroatoms. The van der Waals surface area contributed by atoms with E-state index in [1.807, 2.05) is 48.5 Å². The van der Waals surface area contributed by atoms with Gasteiger partial charge in [0.2, 0.25) is 0 Å². The predicted molar refractivity (Wildman–Crippen MR) is 82.6 cm³/mol. The molecule has 21 heavy (non-hydrogen) atoms. The highest BCUT2D eigenvalue weighted by atomic mass is 16.5. The molecule has 4 nitrogen and oxygen atoms in total. The van der Waals surface area contributed by atoms with Crippen molar-refractivity contribution in [3.8, 4) is 34.0 Å². The molecule has 1 aromatic heterocycles. The van der Waals surface area contributed by atoms with E-state index >= 15 is 0 Å². The quantitative estimate of drug-likeness (QED) is 0.791. The van der Waals surface area contributed by atoms with Gasteiger partial charge >= 0.3 is 0 Å². The molecule has 0 aliphatic heterocycles. The van der Waals surface area contributed by atoms with Gasteiger partial charge in [-0.2, -0.15) is 0 Å². The van der Waals surface area contributed by atoms with Crippen LogP contribution in [0, 0.1) is 0 Å². The molecule has 0 atom stereocenters. The summed E-state index contributed by atoms with van der Waals surface area (Å²) in [6, 6.07) is 15.8. The van der Waals surface area contributed by atoms with E-state index in [2.05, 4.69) is 9.97 Å². The van der Waals surface area contributed by atoms with Crippen molar-refractivity contribution in [1.29, 1.82) is 0 Å². The smallest absolute Gasteiger partial charge is 0.170 e. The van der Waals surface area contributed by atoms with Gasteiger partial charge in [0.25, 0.3) is 0 Å². The van der Waals surface area contributed by atoms with E-state index in [1.54, 1.807) is 20.5 Å². The van der Waals surface area contributed by atoms with Crippen LogP contribution in [-0.2, 0) is 0 Å². The molecule has 0 amide bonds. The Kier molecular flexibility index (Phi) is 3.60. The standard InChI is InChI=1S/C17H16N2O2/c1-20-14-10-6-9-13(17(14)21-2)16-15(18-11-19-16)12-7-4-3-5-8-12/h3-11H,1-2H3,(H,18,19). The summed E-state index contributed by atoms with van der Waals surface area (Å²) in [6.45, 7) is 0. The van der Waals surface area contributed by atoms with E-state index < -0.39 is 0 Å². The van der Waals surface area contributed by atoms with Crippen molar-refractivity contribution in [1.82, 2.24) is 9.97 Å². The summed E-state index contributed by atoms with van der Waals surface area (Å²) in [4.78, 5) is 7.64. The Bertz CT molecular complexity index is 736. The highest BCUT2D eigenvalue weighted by molar-refractivity contribution is 5.82. The third kappa shape index (κ3) is 2.36. The van der Waals surface area contributed by atoms with Crippen LogP contribution >= 0.6 is 0 Å². The third-order valence-electron chi connectivity index (χ3n) is 3.36. The number of hydrogen-bond donors (Lipinski definition) is 1. The summed E-state index contributed by atoms with van der Waals surface area (Å²) in [6.07, 6.45) is 1.69. The van der Waals surface area contributed by atoms with E-state index in [1.165, 1.54) is 0 Å². The van der Waals surface area contributed by atoms with Crippen molar-refractivity contribution < 1.29 is 9.47 Å². The first-order chi connectivity index (χ1) is 10.3. The lowest BCUT2D eigenvalue weighted by molar-refractivity contribution is 0.356. The lowest BCUT2D eigenvalue weighted by Crippen LogP contribution is -1.94. The highest BCUT2D eigenvalue weighted by Crippen LogP contribution is 2.40. The van der Waals surface area contributed by atoms with Crippen LogP contribution in [-0.4, -0.2) is 24.2 Å². The number of hydrogen-bond acceptors (Lipinski definition) is 3. The normalized spacial score (nSPS) is 10.4. The van der Waals surface area contributed by atoms with E-state index in [0.717, 1.165) is 22.5 Å². The Morgan fingerprint density at radius 3 is 2.43 bits per heavy atom. The summed E-state index contributed by atoms with van der Waals surface area (Å²) in [5.74, 6) is 1.39. The molecule has 0 unspecified atom stereocenters. The molecule has 2 aromatic carbocycles. The van der Waals surface area contributed by atoms with Crippen molar-refractivity contribution in [3.05, 3.63) is 54.9 Å². The van der Waals surface area contributed by atoms with Crippen LogP contribution in [0.4, 0.5) is 0 Å². The zero-order valence-electron chi connectivity index (χ0n) is 12.0. The van der Waals surface area contributed by atoms with Crippen LogP contribution in [0.5, 0.6) is 11.5 Å². The fourth-order valence-electron chi connectivity index (χ4n) is 2.40. The van der Waals surface area contributed by atoms with Gasteiger partial charge in [-0.05, 0) is 12.1 Å². The predicted octanol–water partition coefficient (Wildman–Crippen LogP) is 3.76. The number of ether oxygens (including phenoxy) is 2. The van der Waals surface area contributed by atoms with Gasteiger partial charge in [-0.1, -0.05) is 36.4 Å². The number of imidazole rings is 1. The second-order valence-electron chi connectivity index (χ2n) is 4.53. The van der Waals surface area contributed by atoms with Gasteiger partial charge in [0.15, 0.2) is 11.5 Å². The fraction of sp³-hybridized carbons (Fsp3) is 0.118. The van der Waals surface area contributed by atoms with E-state index in [0.29, 0.717) is 11.5 Å². The number of methoxy groups -OCH3 is 2. The molecule has 106 valence electrons. The summed E-state index contributed by atoms with van der Waals surface area (Å²) in [5.41, 5.74) is 3.78. The largest absolute Gasteiger partial charge is 0.493 e. The number of H-pyrrole nitrogens is 1. The Morgan fingerprint density at radius 1 is 0.905 bits per heavy atom. The second kappa shape index (κ2) is 5.71. The molecule has 0 fully saturated rings. The molecule has 1 heterocycles. The first kappa shape index (κ1) is 13.2. The number of para-hydroxylation sites is 1. The molecule has 0 radical (unpaired) electrons. The second-order valence-corrected chi connectivity index (χ2v) is 4.53. The Hall–Kier alpha value is -2.75. The topological polar surface area (TPSA) is 47.1 Å². The molecular weight excluding hydrogens is 264 g/mol. The van der Waals surface area contributed by atoms with Gasteiger partial charge in [0, 0.05) is 11.1 Å². The van der Waals surface area contributed by atoms with Crippen molar-refractivity contribution in [2.24, 2.45) is 0 Å². The molecule has 0 saturated heterocycles. The van der Waals surface area contributed by atoms with Crippen molar-refractivity contribution >= 4 is 0 Å². The van der Waals surface area contributed by atoms with E-state index in [-0.39, 0.29) is 0 Å². The van der Waals surface area contributed by atoms with Crippen molar-refractivity contribution in [3.63, 3.8) is 0 Å². The molecule has 3 aromatic rings. The zero-order valence-corrected chi connectivity index (χ0v) is 12.0. The maximum Gasteiger partial charge on any atom is 0.170 e. The first-order valence-electron chi connectivity index (χ1n) is 6.65. The minimum atomic E-state index is 0.696. The maximum atomic E-state index is 5.51. The van der Waals surface area contributed by atoms with Gasteiger partial charge in [-0.25, -0.2) is 4.98 Å². The average Bonchev–Trinajstić information content (AvgIpc) is 3.04. The summed E-state index contributed by atoms with van der Waals surface area (Å²) < 4.78 is 10.9. The minimum absolute atomic E-state index is 0.696. The molecule has 1 N–H and O–H groups in total. The van der Waals surface area contributed by atoms with Crippen LogP contribution in [0.2, 0.25) is 0 Å². The van der Waals surface area contributed by atoms with E-state index in [9.17, 15) is 0 Å². The average molecular weight is 280 g/mol. The lowest BCUT2D eigenvalue weighted by Gasteiger charge is -2.12. The van der Waals surface area contributed by atoms with Gasteiger partial charge < -0.3 is 14.5 Å². The van der Waals surface area contributed by atoms with Gasteiger partial charge in [0.1, 0.15) is 0 Å². The van der Waals surface area contributed by atoms with E-state index in [4.69, 9.17) is 9.47 Å². The summed E-state index contributed by atoms with van der Waals surface area (Å²) >= 11 is 0. The SMILES string of the molecule is COc1cccc(-c2[nH]cnc2-c2ccccc2)c1OC. The van der Waals surface area contributed by atoms with Crippen LogP contribution in [0.25, 0.3) is 22.5 Å². The van der Waals surface area contributed by atoms with Crippen LogP contribution < -0.4 is 9.47 Å². The fourth-order valence-corrected chi connectivity index (χ4v) is 2.40. The van der Waals surface area contributed by atoms with Gasteiger partial charge in [0.05, 0.1) is 31.9 Å². The lowest BCUT2D eigenvalue weighted by atomic mass is 10.0. The highest BCUT2D eigenvalue weighted by Gasteiger charge is 2.17. The Labute approximate surface area is 123 Å². The number of aromatic amines is 1. The minimum Gasteiger partial charge on any atom is -0.493 e. The number of benzene rings is 2. The number of nitrogens with zero attached hydrogens (tertiary/aromatic N) is 1. The molecule has 0 bridgehead atoms. The van der Waals surface area contributed by atoms with Crippen molar-refractivity contribution in [2.45, 2.75) is 0 Å². The van der Waals surface area contributed by atoms with Crippen LogP contribution in [0.3, 0.4) is 0 Å². The van der Waals surface area contributed by atoms with Gasteiger partial charge in [-0.15, -0.1) is 0 Å². The molecule has 0 aliphatic carbocycles. The number of nitrogens with one attached hydrogen (secondary N) is 1. The van der Waals surface area contributed by atoms with Gasteiger partial charge in [-0.3, -0.25) is 0 Å². The van der Waals surface area contributed by atoms with Crippen LogP contribution in [0.15, 0.2) is 54.9 Å². The van der Waals surface area contributed by atoms with Crippen molar-refractivity contribution in [2.75, 3.05) is 14.2 Å². The summed E-state index contributed by atoms with van der Waals surface area (Å²) in [7, 11) is 3.27.